The quantitative estimate of drug-likeness (QED) is 0.568. The van der Waals surface area contributed by atoms with Gasteiger partial charge in [-0.25, -0.2) is 0 Å². The second kappa shape index (κ2) is 3.42. The van der Waals surface area contributed by atoms with Gasteiger partial charge in [0.15, 0.2) is 0 Å². The number of hydrogen-bond acceptors (Lipinski definition) is 2. The first-order valence-corrected chi connectivity index (χ1v) is 4.27. The van der Waals surface area contributed by atoms with E-state index in [0.717, 1.165) is 0 Å². The third kappa shape index (κ3) is 1.59. The maximum Gasteiger partial charge on any atom is 0.0834 e. The fraction of sp³-hybridized carbons (Fsp3) is 0.600. The molecule has 0 aromatic heterocycles. The van der Waals surface area contributed by atoms with Crippen LogP contribution in [0.1, 0.15) is 13.8 Å². The van der Waals surface area contributed by atoms with E-state index >= 15 is 0 Å². The molecule has 0 fully saturated rings. The molecular formula is C10H16O2. The van der Waals surface area contributed by atoms with Crippen LogP contribution < -0.4 is 0 Å². The Morgan fingerprint density at radius 2 is 1.92 bits per heavy atom. The highest BCUT2D eigenvalue weighted by Gasteiger charge is 2.28. The summed E-state index contributed by atoms with van der Waals surface area (Å²) in [5, 5.41) is 19.3. The molecule has 0 spiro atoms. The Morgan fingerprint density at radius 3 is 2.50 bits per heavy atom. The van der Waals surface area contributed by atoms with Gasteiger partial charge in [-0.05, 0) is 5.57 Å². The van der Waals surface area contributed by atoms with Crippen molar-refractivity contribution in [2.45, 2.75) is 26.1 Å². The van der Waals surface area contributed by atoms with Gasteiger partial charge in [0, 0.05) is 11.8 Å². The number of rotatable bonds is 0. The molecule has 0 heterocycles. The fourth-order valence-electron chi connectivity index (χ4n) is 1.49. The third-order valence-electron chi connectivity index (χ3n) is 2.57. The summed E-state index contributed by atoms with van der Waals surface area (Å²) in [6.45, 7) is 7.50. The van der Waals surface area contributed by atoms with Crippen molar-refractivity contribution in [2.24, 2.45) is 11.8 Å². The molecule has 1 rings (SSSR count). The van der Waals surface area contributed by atoms with Crippen LogP contribution in [0.5, 0.6) is 0 Å². The van der Waals surface area contributed by atoms with Gasteiger partial charge in [-0.1, -0.05) is 32.6 Å². The molecule has 0 aromatic carbocycles. The Bertz CT molecular complexity index is 208. The van der Waals surface area contributed by atoms with Crippen LogP contribution in [0.2, 0.25) is 0 Å². The summed E-state index contributed by atoms with van der Waals surface area (Å²) in [6.07, 6.45) is 2.60. The molecule has 1 aliphatic carbocycles. The lowest BCUT2D eigenvalue weighted by Crippen LogP contribution is -2.32. The van der Waals surface area contributed by atoms with Crippen molar-refractivity contribution in [3.63, 3.8) is 0 Å². The van der Waals surface area contributed by atoms with Crippen molar-refractivity contribution in [1.29, 1.82) is 0 Å². The fourth-order valence-corrected chi connectivity index (χ4v) is 1.49. The summed E-state index contributed by atoms with van der Waals surface area (Å²) in [4.78, 5) is 0. The maximum atomic E-state index is 9.66. The third-order valence-corrected chi connectivity index (χ3v) is 2.57. The van der Waals surface area contributed by atoms with Gasteiger partial charge in [-0.15, -0.1) is 0 Å². The summed E-state index contributed by atoms with van der Waals surface area (Å²) in [7, 11) is 0. The van der Waals surface area contributed by atoms with E-state index in [-0.39, 0.29) is 11.8 Å². The predicted octanol–water partition coefficient (Wildman–Crippen LogP) is 1.11. The minimum atomic E-state index is -0.610. The first kappa shape index (κ1) is 9.49. The van der Waals surface area contributed by atoms with E-state index in [2.05, 4.69) is 6.58 Å². The Labute approximate surface area is 73.2 Å². The van der Waals surface area contributed by atoms with Gasteiger partial charge in [-0.3, -0.25) is 0 Å². The number of aliphatic hydroxyl groups excluding tert-OH is 2. The summed E-state index contributed by atoms with van der Waals surface area (Å²) >= 11 is 0. The van der Waals surface area contributed by atoms with Gasteiger partial charge in [0.2, 0.25) is 0 Å². The van der Waals surface area contributed by atoms with Crippen molar-refractivity contribution in [1.82, 2.24) is 0 Å². The Balaban J connectivity index is 2.86. The van der Waals surface area contributed by atoms with Crippen molar-refractivity contribution in [3.8, 4) is 0 Å². The molecule has 0 aromatic rings. The lowest BCUT2D eigenvalue weighted by molar-refractivity contribution is 0.0242. The van der Waals surface area contributed by atoms with Crippen LogP contribution in [-0.2, 0) is 0 Å². The summed E-state index contributed by atoms with van der Waals surface area (Å²) in [5.41, 5.74) is 0.686. The topological polar surface area (TPSA) is 40.5 Å². The smallest absolute Gasteiger partial charge is 0.0834 e. The van der Waals surface area contributed by atoms with Gasteiger partial charge in [-0.2, -0.15) is 0 Å². The zero-order valence-electron chi connectivity index (χ0n) is 7.57. The summed E-state index contributed by atoms with van der Waals surface area (Å²) < 4.78 is 0. The highest BCUT2D eigenvalue weighted by Crippen LogP contribution is 2.25. The average molecular weight is 168 g/mol. The minimum absolute atomic E-state index is 0.0916. The second-order valence-corrected chi connectivity index (χ2v) is 3.59. The predicted molar refractivity (Wildman–Crippen MR) is 48.6 cm³/mol. The Hall–Kier alpha value is -0.600. The van der Waals surface area contributed by atoms with Crippen molar-refractivity contribution in [2.75, 3.05) is 0 Å². The second-order valence-electron chi connectivity index (χ2n) is 3.59. The van der Waals surface area contributed by atoms with Crippen LogP contribution in [-0.4, -0.2) is 22.4 Å². The van der Waals surface area contributed by atoms with E-state index < -0.39 is 12.2 Å². The van der Waals surface area contributed by atoms with Crippen molar-refractivity contribution < 1.29 is 10.2 Å². The van der Waals surface area contributed by atoms with Crippen LogP contribution in [0.15, 0.2) is 24.3 Å². The van der Waals surface area contributed by atoms with Crippen molar-refractivity contribution >= 4 is 0 Å². The first-order valence-electron chi connectivity index (χ1n) is 4.27. The molecule has 1 aliphatic rings. The van der Waals surface area contributed by atoms with E-state index in [9.17, 15) is 10.2 Å². The number of hydrogen-bond donors (Lipinski definition) is 2. The van der Waals surface area contributed by atoms with E-state index in [1.54, 1.807) is 6.08 Å². The van der Waals surface area contributed by atoms with Crippen LogP contribution in [0.4, 0.5) is 0 Å². The van der Waals surface area contributed by atoms with E-state index in [0.29, 0.717) is 5.57 Å². The highest BCUT2D eigenvalue weighted by atomic mass is 16.3. The summed E-state index contributed by atoms with van der Waals surface area (Å²) in [5.74, 6) is -0.0450. The minimum Gasteiger partial charge on any atom is -0.392 e. The molecule has 12 heavy (non-hydrogen) atoms. The maximum absolute atomic E-state index is 9.66. The van der Waals surface area contributed by atoms with Gasteiger partial charge in [0.05, 0.1) is 12.2 Å². The molecule has 0 aliphatic heterocycles. The molecule has 0 bridgehead atoms. The molecular weight excluding hydrogens is 152 g/mol. The first-order chi connectivity index (χ1) is 5.54. The van der Waals surface area contributed by atoms with E-state index in [1.165, 1.54) is 0 Å². The molecule has 0 radical (unpaired) electrons. The molecule has 2 heteroatoms. The largest absolute Gasteiger partial charge is 0.392 e. The molecule has 4 unspecified atom stereocenters. The summed E-state index contributed by atoms with van der Waals surface area (Å²) in [6, 6.07) is 0. The molecule has 0 saturated carbocycles. The zero-order valence-corrected chi connectivity index (χ0v) is 7.57. The average Bonchev–Trinajstić information content (AvgIpc) is 2.14. The lowest BCUT2D eigenvalue weighted by atomic mass is 9.90. The Kier molecular flexibility index (Phi) is 2.70. The van der Waals surface area contributed by atoms with Gasteiger partial charge in [0.25, 0.3) is 0 Å². The van der Waals surface area contributed by atoms with Crippen LogP contribution in [0, 0.1) is 11.8 Å². The van der Waals surface area contributed by atoms with E-state index in [1.807, 2.05) is 19.9 Å². The standard InChI is InChI=1S/C10H16O2/c1-6-4-5-7(2)10(12)8(3)9(6)11/h4-5,7-12H,1H2,2-3H3. The zero-order chi connectivity index (χ0) is 9.30. The van der Waals surface area contributed by atoms with Crippen molar-refractivity contribution in [3.05, 3.63) is 24.3 Å². The van der Waals surface area contributed by atoms with Gasteiger partial charge in [0.1, 0.15) is 0 Å². The molecule has 4 atom stereocenters. The van der Waals surface area contributed by atoms with E-state index in [4.69, 9.17) is 0 Å². The molecule has 2 nitrogen and oxygen atoms in total. The van der Waals surface area contributed by atoms with Gasteiger partial charge >= 0.3 is 0 Å². The van der Waals surface area contributed by atoms with Crippen LogP contribution in [0.3, 0.4) is 0 Å². The molecule has 2 N–H and O–H groups in total. The Morgan fingerprint density at radius 1 is 1.33 bits per heavy atom. The number of aliphatic hydroxyl groups is 2. The monoisotopic (exact) mass is 168 g/mol. The molecule has 0 amide bonds. The lowest BCUT2D eigenvalue weighted by Gasteiger charge is -2.24. The highest BCUT2D eigenvalue weighted by molar-refractivity contribution is 5.23. The molecule has 68 valence electrons. The van der Waals surface area contributed by atoms with Crippen LogP contribution in [0.25, 0.3) is 0 Å². The van der Waals surface area contributed by atoms with Gasteiger partial charge < -0.3 is 10.2 Å². The SMILES string of the molecule is C=C1C=CC(C)C(O)C(C)C1O. The van der Waals surface area contributed by atoms with Crippen LogP contribution >= 0.6 is 0 Å². The normalized spacial score (nSPS) is 42.8. The molecule has 0 saturated heterocycles.